The molecule has 0 rings (SSSR count). The van der Waals surface area contributed by atoms with Gasteiger partial charge in [-0.05, 0) is 0 Å². The zero-order valence-corrected chi connectivity index (χ0v) is 7.80. The fraction of sp³-hybridized carbons (Fsp3) is 1.00. The average molecular weight is 182 g/mol. The van der Waals surface area contributed by atoms with E-state index >= 15 is 0 Å². The number of aliphatic hydroxyl groups excluding tert-OH is 1. The van der Waals surface area contributed by atoms with Crippen LogP contribution >= 0.6 is 0 Å². The lowest BCUT2D eigenvalue weighted by Crippen LogP contribution is -2.38. The Labute approximate surface area is 67.4 Å². The third-order valence-electron chi connectivity index (χ3n) is 1.27. The third kappa shape index (κ3) is 2.74. The van der Waals surface area contributed by atoms with Crippen molar-refractivity contribution in [3.05, 3.63) is 0 Å². The highest BCUT2D eigenvalue weighted by Gasteiger charge is 2.18. The second-order valence-corrected chi connectivity index (χ2v) is 4.58. The van der Waals surface area contributed by atoms with Crippen molar-refractivity contribution >= 4 is 10.2 Å². The summed E-state index contributed by atoms with van der Waals surface area (Å²) in [5.41, 5.74) is 0. The van der Waals surface area contributed by atoms with Gasteiger partial charge in [0.15, 0.2) is 0 Å². The average Bonchev–Trinajstić information content (AvgIpc) is 1.88. The Balaban J connectivity index is 4.32. The van der Waals surface area contributed by atoms with Crippen LogP contribution in [0.4, 0.5) is 0 Å². The molecule has 0 heterocycles. The van der Waals surface area contributed by atoms with Crippen LogP contribution in [-0.4, -0.2) is 56.4 Å². The summed E-state index contributed by atoms with van der Waals surface area (Å²) in [5, 5.41) is 8.46. The van der Waals surface area contributed by atoms with Crippen LogP contribution in [-0.2, 0) is 10.2 Å². The molecule has 68 valence electrons. The maximum Gasteiger partial charge on any atom is 0.281 e. The second kappa shape index (κ2) is 4.01. The summed E-state index contributed by atoms with van der Waals surface area (Å²) in [4.78, 5) is 0. The van der Waals surface area contributed by atoms with Crippen LogP contribution in [0.25, 0.3) is 0 Å². The Morgan fingerprint density at radius 2 is 1.73 bits per heavy atom. The van der Waals surface area contributed by atoms with Gasteiger partial charge >= 0.3 is 0 Å². The Morgan fingerprint density at radius 1 is 1.27 bits per heavy atom. The zero-order chi connectivity index (χ0) is 9.07. The van der Waals surface area contributed by atoms with E-state index in [2.05, 4.69) is 0 Å². The fourth-order valence-corrected chi connectivity index (χ4v) is 1.40. The van der Waals surface area contributed by atoms with Crippen LogP contribution in [0.3, 0.4) is 0 Å². The molecule has 1 N–H and O–H groups in total. The van der Waals surface area contributed by atoms with Crippen LogP contribution in [0, 0.1) is 0 Å². The Kier molecular flexibility index (Phi) is 3.95. The molecule has 0 aliphatic rings. The maximum absolute atomic E-state index is 11.2. The molecule has 0 aliphatic heterocycles. The van der Waals surface area contributed by atoms with Crippen molar-refractivity contribution in [2.24, 2.45) is 0 Å². The number of hydrogen-bond donors (Lipinski definition) is 1. The van der Waals surface area contributed by atoms with E-state index in [1.54, 1.807) is 0 Å². The molecule has 0 fully saturated rings. The fourth-order valence-electron chi connectivity index (χ4n) is 0.535. The van der Waals surface area contributed by atoms with E-state index in [1.165, 1.54) is 21.1 Å². The molecule has 11 heavy (non-hydrogen) atoms. The number of likely N-dealkylation sites (N-methyl/N-ethyl adjacent to an activating group) is 1. The SMILES string of the molecule is CN(C)S(=O)(=O)N(C)CCO. The lowest BCUT2D eigenvalue weighted by molar-refractivity contribution is 0.262. The minimum atomic E-state index is -3.33. The van der Waals surface area contributed by atoms with Gasteiger partial charge < -0.3 is 5.11 Å². The molecule has 0 amide bonds. The normalized spacial score (nSPS) is 12.9. The van der Waals surface area contributed by atoms with Gasteiger partial charge in [0.25, 0.3) is 10.2 Å². The monoisotopic (exact) mass is 182 g/mol. The highest BCUT2D eigenvalue weighted by atomic mass is 32.2. The number of rotatable bonds is 4. The van der Waals surface area contributed by atoms with Crippen LogP contribution in [0.5, 0.6) is 0 Å². The zero-order valence-electron chi connectivity index (χ0n) is 6.98. The molecule has 0 aromatic rings. The van der Waals surface area contributed by atoms with Crippen LogP contribution < -0.4 is 0 Å². The molecule has 0 spiro atoms. The van der Waals surface area contributed by atoms with Gasteiger partial charge in [-0.15, -0.1) is 0 Å². The summed E-state index contributed by atoms with van der Waals surface area (Å²) in [7, 11) is 0.985. The first kappa shape index (κ1) is 10.8. The Morgan fingerprint density at radius 3 is 2.00 bits per heavy atom. The topological polar surface area (TPSA) is 60.9 Å². The van der Waals surface area contributed by atoms with Crippen molar-refractivity contribution in [1.82, 2.24) is 8.61 Å². The molecule has 0 aromatic heterocycles. The summed E-state index contributed by atoms with van der Waals surface area (Å²) in [6, 6.07) is 0. The molecule has 0 unspecified atom stereocenters. The van der Waals surface area contributed by atoms with Gasteiger partial charge in [0.1, 0.15) is 0 Å². The van der Waals surface area contributed by atoms with Crippen molar-refractivity contribution < 1.29 is 13.5 Å². The molecule has 0 bridgehead atoms. The van der Waals surface area contributed by atoms with Gasteiger partial charge in [0.2, 0.25) is 0 Å². The minimum absolute atomic E-state index is 0.126. The largest absolute Gasteiger partial charge is 0.395 e. The first-order chi connectivity index (χ1) is 4.92. The summed E-state index contributed by atoms with van der Waals surface area (Å²) < 4.78 is 24.5. The minimum Gasteiger partial charge on any atom is -0.395 e. The van der Waals surface area contributed by atoms with E-state index < -0.39 is 10.2 Å². The van der Waals surface area contributed by atoms with E-state index in [0.717, 1.165) is 8.61 Å². The predicted molar refractivity (Wildman–Crippen MR) is 42.3 cm³/mol. The number of nitrogens with zero attached hydrogens (tertiary/aromatic N) is 2. The van der Waals surface area contributed by atoms with Gasteiger partial charge in [-0.3, -0.25) is 0 Å². The summed E-state index contributed by atoms with van der Waals surface area (Å²) in [6.07, 6.45) is 0. The lowest BCUT2D eigenvalue weighted by Gasteiger charge is -2.19. The van der Waals surface area contributed by atoms with Crippen molar-refractivity contribution in [2.75, 3.05) is 34.3 Å². The first-order valence-electron chi connectivity index (χ1n) is 3.17. The van der Waals surface area contributed by atoms with E-state index in [1.807, 2.05) is 0 Å². The molecule has 0 aliphatic carbocycles. The van der Waals surface area contributed by atoms with Gasteiger partial charge in [0.05, 0.1) is 6.61 Å². The number of aliphatic hydroxyl groups is 1. The second-order valence-electron chi connectivity index (χ2n) is 2.34. The Bertz CT molecular complexity index is 200. The quantitative estimate of drug-likeness (QED) is 0.589. The van der Waals surface area contributed by atoms with Crippen molar-refractivity contribution in [2.45, 2.75) is 0 Å². The predicted octanol–water partition coefficient (Wildman–Crippen LogP) is -1.28. The molecule has 0 atom stereocenters. The third-order valence-corrected chi connectivity index (χ3v) is 3.16. The molecule has 5 nitrogen and oxygen atoms in total. The van der Waals surface area contributed by atoms with E-state index in [4.69, 9.17) is 5.11 Å². The maximum atomic E-state index is 11.2. The lowest BCUT2D eigenvalue weighted by atomic mass is 10.7. The molecule has 6 heteroatoms. The summed E-state index contributed by atoms with van der Waals surface area (Å²) >= 11 is 0. The highest BCUT2D eigenvalue weighted by molar-refractivity contribution is 7.86. The molecule has 0 aromatic carbocycles. The van der Waals surface area contributed by atoms with Crippen molar-refractivity contribution in [3.8, 4) is 0 Å². The molecule has 0 radical (unpaired) electrons. The van der Waals surface area contributed by atoms with E-state index in [-0.39, 0.29) is 13.2 Å². The van der Waals surface area contributed by atoms with Crippen molar-refractivity contribution in [3.63, 3.8) is 0 Å². The molecular weight excluding hydrogens is 168 g/mol. The van der Waals surface area contributed by atoms with Crippen LogP contribution in [0.1, 0.15) is 0 Å². The smallest absolute Gasteiger partial charge is 0.281 e. The molecule has 0 saturated carbocycles. The van der Waals surface area contributed by atoms with E-state index in [0.29, 0.717) is 0 Å². The van der Waals surface area contributed by atoms with Gasteiger partial charge in [-0.25, -0.2) is 0 Å². The van der Waals surface area contributed by atoms with Gasteiger partial charge in [-0.2, -0.15) is 17.0 Å². The first-order valence-corrected chi connectivity index (χ1v) is 4.57. The van der Waals surface area contributed by atoms with Crippen LogP contribution in [0.15, 0.2) is 0 Å². The van der Waals surface area contributed by atoms with Crippen LogP contribution in [0.2, 0.25) is 0 Å². The highest BCUT2D eigenvalue weighted by Crippen LogP contribution is 1.98. The summed E-state index contributed by atoms with van der Waals surface area (Å²) in [6.45, 7) is -0.0376. The molecular formula is C5H14N2O3S. The summed E-state index contributed by atoms with van der Waals surface area (Å²) in [5.74, 6) is 0. The standard InChI is InChI=1S/C5H14N2O3S/c1-6(2)11(9,10)7(3)4-5-8/h8H,4-5H2,1-3H3. The van der Waals surface area contributed by atoms with Gasteiger partial charge in [0, 0.05) is 27.7 Å². The Hall–Kier alpha value is -0.170. The number of hydrogen-bond acceptors (Lipinski definition) is 3. The van der Waals surface area contributed by atoms with Crippen molar-refractivity contribution in [1.29, 1.82) is 0 Å². The van der Waals surface area contributed by atoms with Gasteiger partial charge in [-0.1, -0.05) is 0 Å². The molecule has 0 saturated heterocycles. The van der Waals surface area contributed by atoms with E-state index in [9.17, 15) is 8.42 Å².